The Morgan fingerprint density at radius 2 is 1.65 bits per heavy atom. The van der Waals surface area contributed by atoms with Gasteiger partial charge in [0.05, 0.1) is 68.1 Å². The number of ether oxygens (including phenoxy) is 4. The maximum Gasteiger partial charge on any atom is 0.256 e. The van der Waals surface area contributed by atoms with E-state index in [0.717, 1.165) is 19.4 Å². The van der Waals surface area contributed by atoms with Crippen LogP contribution in [-0.4, -0.2) is 98.2 Å². The van der Waals surface area contributed by atoms with Crippen molar-refractivity contribution in [2.24, 2.45) is 4.99 Å². The molecule has 4 heterocycles. The molecule has 2 aromatic rings. The van der Waals surface area contributed by atoms with Gasteiger partial charge in [-0.05, 0) is 31.4 Å². The fourth-order valence-electron chi connectivity index (χ4n) is 5.92. The van der Waals surface area contributed by atoms with Crippen LogP contribution in [0.2, 0.25) is 0 Å². The van der Waals surface area contributed by atoms with Gasteiger partial charge >= 0.3 is 0 Å². The van der Waals surface area contributed by atoms with Gasteiger partial charge in [-0.3, -0.25) is 14.6 Å². The number of hydrogen-bond donors (Lipinski definition) is 2. The summed E-state index contributed by atoms with van der Waals surface area (Å²) in [6.07, 6.45) is 4.39. The van der Waals surface area contributed by atoms with Crippen molar-refractivity contribution in [2.45, 2.75) is 43.9 Å². The molecule has 0 radical (unpaired) electrons. The van der Waals surface area contributed by atoms with Crippen LogP contribution in [0.25, 0.3) is 0 Å². The molecule has 0 aromatic heterocycles. The SMILES string of the molecule is COc1cc2c(cc1OCCCOc1cc3c(cc1OC)C(=O)N1C[C@H](O)C[C@H]1CN3)N=C[C@@H]1CCCN1C2=O. The average molecular weight is 551 g/mol. The molecular weight excluding hydrogens is 516 g/mol. The van der Waals surface area contributed by atoms with E-state index >= 15 is 0 Å². The fourth-order valence-corrected chi connectivity index (χ4v) is 5.92. The summed E-state index contributed by atoms with van der Waals surface area (Å²) in [4.78, 5) is 34.4. The second-order valence-corrected chi connectivity index (χ2v) is 10.5. The van der Waals surface area contributed by atoms with E-state index in [-0.39, 0.29) is 23.9 Å². The molecule has 3 atom stereocenters. The van der Waals surface area contributed by atoms with E-state index in [1.165, 1.54) is 7.11 Å². The van der Waals surface area contributed by atoms with Crippen molar-refractivity contribution in [3.05, 3.63) is 35.4 Å². The number of aliphatic hydroxyl groups excluding tert-OH is 1. The topological polar surface area (TPSA) is 122 Å². The molecule has 0 spiro atoms. The molecule has 2 amide bonds. The number of rotatable bonds is 8. The Labute approximate surface area is 232 Å². The molecule has 2 saturated heterocycles. The summed E-state index contributed by atoms with van der Waals surface area (Å²) in [7, 11) is 3.09. The number of hydrogen-bond acceptors (Lipinski definition) is 9. The van der Waals surface area contributed by atoms with Gasteiger partial charge in [0.1, 0.15) is 0 Å². The Morgan fingerprint density at radius 3 is 2.40 bits per heavy atom. The Bertz CT molecular complexity index is 1350. The van der Waals surface area contributed by atoms with Gasteiger partial charge in [-0.25, -0.2) is 0 Å². The molecule has 0 aliphatic carbocycles. The van der Waals surface area contributed by atoms with Crippen LogP contribution in [0.5, 0.6) is 23.0 Å². The first-order valence-corrected chi connectivity index (χ1v) is 13.7. The summed E-state index contributed by atoms with van der Waals surface area (Å²) in [5.74, 6) is 1.84. The third-order valence-electron chi connectivity index (χ3n) is 7.98. The second-order valence-electron chi connectivity index (χ2n) is 10.5. The van der Waals surface area contributed by atoms with Gasteiger partial charge in [-0.1, -0.05) is 0 Å². The first-order chi connectivity index (χ1) is 19.5. The van der Waals surface area contributed by atoms with Crippen LogP contribution < -0.4 is 24.3 Å². The van der Waals surface area contributed by atoms with Crippen molar-refractivity contribution in [2.75, 3.05) is 52.4 Å². The van der Waals surface area contributed by atoms with Crippen LogP contribution >= 0.6 is 0 Å². The highest BCUT2D eigenvalue weighted by molar-refractivity contribution is 6.03. The maximum atomic E-state index is 13.1. The number of nitrogens with one attached hydrogen (secondary N) is 1. The zero-order valence-corrected chi connectivity index (χ0v) is 22.7. The minimum atomic E-state index is -0.497. The van der Waals surface area contributed by atoms with E-state index in [1.54, 1.807) is 36.3 Å². The number of fused-ring (bicyclic) bond motifs is 4. The van der Waals surface area contributed by atoms with E-state index in [1.807, 2.05) is 11.1 Å². The van der Waals surface area contributed by atoms with E-state index in [9.17, 15) is 14.7 Å². The summed E-state index contributed by atoms with van der Waals surface area (Å²) >= 11 is 0. The molecule has 2 N–H and O–H groups in total. The van der Waals surface area contributed by atoms with Gasteiger partial charge in [0, 0.05) is 44.4 Å². The lowest BCUT2D eigenvalue weighted by molar-refractivity contribution is 0.0727. The van der Waals surface area contributed by atoms with Gasteiger partial charge in [-0.15, -0.1) is 0 Å². The Hall–Kier alpha value is -3.99. The van der Waals surface area contributed by atoms with Crippen LogP contribution in [0.3, 0.4) is 0 Å². The van der Waals surface area contributed by atoms with E-state index in [2.05, 4.69) is 10.3 Å². The quantitative estimate of drug-likeness (QED) is 0.482. The van der Waals surface area contributed by atoms with Gasteiger partial charge in [0.2, 0.25) is 0 Å². The molecular formula is C29H34N4O7. The maximum absolute atomic E-state index is 13.1. The van der Waals surface area contributed by atoms with Crippen molar-refractivity contribution in [3.8, 4) is 23.0 Å². The molecule has 11 nitrogen and oxygen atoms in total. The molecule has 2 fully saturated rings. The zero-order chi connectivity index (χ0) is 27.8. The number of anilines is 1. The monoisotopic (exact) mass is 550 g/mol. The molecule has 6 rings (SSSR count). The van der Waals surface area contributed by atoms with Gasteiger partial charge in [-0.2, -0.15) is 0 Å². The van der Waals surface area contributed by atoms with Crippen LogP contribution in [0.4, 0.5) is 11.4 Å². The largest absolute Gasteiger partial charge is 0.493 e. The standard InChI is InChI=1S/C29H34N4O7/c1-37-24-10-20-22(30-14-17-5-3-6-32(17)28(20)35)12-26(24)39-7-4-8-40-27-13-23-21(11-25(27)38-2)29(36)33-16-19(34)9-18(33)15-31-23/h10-14,17-19,31,34H,3-9,15-16H2,1-2H3/t17-,18-,19+/m0/s1. The van der Waals surface area contributed by atoms with Gasteiger partial charge in [0.15, 0.2) is 23.0 Å². The molecule has 0 bridgehead atoms. The fraction of sp³-hybridized carbons (Fsp3) is 0.483. The summed E-state index contributed by atoms with van der Waals surface area (Å²) in [5.41, 5.74) is 2.29. The van der Waals surface area contributed by atoms with E-state index in [4.69, 9.17) is 18.9 Å². The highest BCUT2D eigenvalue weighted by atomic mass is 16.5. The summed E-state index contributed by atoms with van der Waals surface area (Å²) < 4.78 is 23.1. The lowest BCUT2D eigenvalue weighted by atomic mass is 10.1. The summed E-state index contributed by atoms with van der Waals surface area (Å²) in [5, 5.41) is 13.3. The number of carbonyl (C=O) groups is 2. The Balaban J connectivity index is 1.10. The third kappa shape index (κ3) is 4.78. The molecule has 2 aromatic carbocycles. The molecule has 0 unspecified atom stereocenters. The number of methoxy groups -OCH3 is 2. The predicted octanol–water partition coefficient (Wildman–Crippen LogP) is 2.87. The number of aliphatic imine (C=N–C) groups is 1. The van der Waals surface area contributed by atoms with Crippen LogP contribution in [0.1, 0.15) is 46.4 Å². The highest BCUT2D eigenvalue weighted by Gasteiger charge is 2.38. The Kier molecular flexibility index (Phi) is 7.14. The summed E-state index contributed by atoms with van der Waals surface area (Å²) in [6.45, 7) is 2.34. The molecule has 4 aliphatic heterocycles. The number of benzene rings is 2. The van der Waals surface area contributed by atoms with Crippen molar-refractivity contribution in [1.29, 1.82) is 0 Å². The number of aliphatic hydroxyl groups is 1. The lowest BCUT2D eigenvalue weighted by Gasteiger charge is -2.21. The first-order valence-electron chi connectivity index (χ1n) is 13.7. The lowest BCUT2D eigenvalue weighted by Crippen LogP contribution is -2.37. The van der Waals surface area contributed by atoms with Gasteiger partial charge in [0.25, 0.3) is 11.8 Å². The summed E-state index contributed by atoms with van der Waals surface area (Å²) in [6, 6.07) is 6.94. The zero-order valence-electron chi connectivity index (χ0n) is 22.7. The first kappa shape index (κ1) is 26.2. The second kappa shape index (κ2) is 10.9. The minimum Gasteiger partial charge on any atom is -0.493 e. The van der Waals surface area contributed by atoms with Crippen LogP contribution in [0.15, 0.2) is 29.3 Å². The molecule has 4 aliphatic rings. The Morgan fingerprint density at radius 1 is 0.950 bits per heavy atom. The van der Waals surface area contributed by atoms with Crippen molar-refractivity contribution >= 4 is 29.4 Å². The number of amides is 2. The van der Waals surface area contributed by atoms with E-state index in [0.29, 0.717) is 84.6 Å². The van der Waals surface area contributed by atoms with Crippen molar-refractivity contribution in [3.63, 3.8) is 0 Å². The van der Waals surface area contributed by atoms with Crippen molar-refractivity contribution in [1.82, 2.24) is 9.80 Å². The van der Waals surface area contributed by atoms with E-state index < -0.39 is 6.10 Å². The predicted molar refractivity (Wildman–Crippen MR) is 148 cm³/mol. The number of carbonyl (C=O) groups excluding carboxylic acids is 2. The molecule has 0 saturated carbocycles. The van der Waals surface area contributed by atoms with Crippen molar-refractivity contribution < 1.29 is 33.6 Å². The third-order valence-corrected chi connectivity index (χ3v) is 7.98. The molecule has 11 heteroatoms. The highest BCUT2D eigenvalue weighted by Crippen LogP contribution is 2.39. The van der Waals surface area contributed by atoms with Gasteiger partial charge < -0.3 is 39.2 Å². The smallest absolute Gasteiger partial charge is 0.256 e. The van der Waals surface area contributed by atoms with Crippen LogP contribution in [-0.2, 0) is 0 Å². The normalized spacial score (nSPS) is 22.9. The molecule has 40 heavy (non-hydrogen) atoms. The number of nitrogens with zero attached hydrogens (tertiary/aromatic N) is 3. The molecule has 212 valence electrons. The van der Waals surface area contributed by atoms with Crippen LogP contribution in [0, 0.1) is 0 Å². The average Bonchev–Trinajstić information content (AvgIpc) is 3.54. The minimum absolute atomic E-state index is 0.0304.